The Labute approximate surface area is 107 Å². The first-order valence-electron chi connectivity index (χ1n) is 5.80. The van der Waals surface area contributed by atoms with Crippen molar-refractivity contribution in [1.82, 2.24) is 0 Å². The number of aryl methyl sites for hydroxylation is 1. The highest BCUT2D eigenvalue weighted by Crippen LogP contribution is 2.26. The van der Waals surface area contributed by atoms with E-state index in [1.807, 2.05) is 13.0 Å². The van der Waals surface area contributed by atoms with Crippen LogP contribution in [0.15, 0.2) is 18.2 Å². The van der Waals surface area contributed by atoms with Gasteiger partial charge in [-0.2, -0.15) is 0 Å². The molecule has 1 aromatic rings. The van der Waals surface area contributed by atoms with Crippen LogP contribution in [0.25, 0.3) is 0 Å². The number of Topliss-reactive ketones (excluding diaryl/α,β-unsaturated/α-hetero) is 1. The number of carboxylic acids is 1. The first kappa shape index (κ1) is 14.2. The first-order chi connectivity index (χ1) is 8.38. The Morgan fingerprint density at radius 3 is 2.33 bits per heavy atom. The number of carbonyl (C=O) groups is 2. The third-order valence-corrected chi connectivity index (χ3v) is 2.84. The normalized spacial score (nSPS) is 12.3. The molecule has 0 heterocycles. The molecule has 1 atom stereocenters. The van der Waals surface area contributed by atoms with Gasteiger partial charge in [0, 0.05) is 0 Å². The monoisotopic (exact) mass is 250 g/mol. The van der Waals surface area contributed by atoms with Crippen LogP contribution >= 0.6 is 0 Å². The first-order valence-corrected chi connectivity index (χ1v) is 5.80. The molecule has 1 unspecified atom stereocenters. The maximum atomic E-state index is 12.3. The third-order valence-electron chi connectivity index (χ3n) is 2.84. The minimum Gasteiger partial charge on any atom is -0.496 e. The minimum absolute atomic E-state index is 0.264. The van der Waals surface area contributed by atoms with Crippen molar-refractivity contribution in [2.45, 2.75) is 20.8 Å². The van der Waals surface area contributed by atoms with Crippen LogP contribution < -0.4 is 4.74 Å². The molecule has 0 radical (unpaired) electrons. The maximum absolute atomic E-state index is 12.3. The summed E-state index contributed by atoms with van der Waals surface area (Å²) in [6.45, 7) is 5.29. The third kappa shape index (κ3) is 2.88. The second kappa shape index (κ2) is 5.67. The van der Waals surface area contributed by atoms with Crippen molar-refractivity contribution >= 4 is 11.8 Å². The lowest BCUT2D eigenvalue weighted by Gasteiger charge is -2.17. The number of rotatable bonds is 5. The molecule has 0 amide bonds. The lowest BCUT2D eigenvalue weighted by atomic mass is 9.87. The molecular formula is C14H18O4. The molecule has 0 aliphatic heterocycles. The SMILES string of the molecule is COc1ccc(C)cc1C(=O)C(C(=O)O)C(C)C. The van der Waals surface area contributed by atoms with E-state index >= 15 is 0 Å². The van der Waals surface area contributed by atoms with Crippen molar-refractivity contribution in [3.63, 3.8) is 0 Å². The van der Waals surface area contributed by atoms with Crippen LogP contribution in [-0.2, 0) is 4.79 Å². The van der Waals surface area contributed by atoms with Gasteiger partial charge in [0.15, 0.2) is 5.78 Å². The number of methoxy groups -OCH3 is 1. The van der Waals surface area contributed by atoms with E-state index in [0.29, 0.717) is 11.3 Å². The van der Waals surface area contributed by atoms with Crippen molar-refractivity contribution in [1.29, 1.82) is 0 Å². The number of aliphatic carboxylic acids is 1. The molecule has 1 rings (SSSR count). The fourth-order valence-electron chi connectivity index (χ4n) is 1.88. The summed E-state index contributed by atoms with van der Waals surface area (Å²) in [7, 11) is 1.46. The van der Waals surface area contributed by atoms with E-state index in [2.05, 4.69) is 0 Å². The molecular weight excluding hydrogens is 232 g/mol. The molecule has 0 aromatic heterocycles. The van der Waals surface area contributed by atoms with Gasteiger partial charge in [0.1, 0.15) is 11.7 Å². The lowest BCUT2D eigenvalue weighted by Crippen LogP contribution is -2.29. The van der Waals surface area contributed by atoms with Crippen molar-refractivity contribution in [3.8, 4) is 5.75 Å². The molecule has 4 heteroatoms. The quantitative estimate of drug-likeness (QED) is 0.644. The lowest BCUT2D eigenvalue weighted by molar-refractivity contribution is -0.141. The summed E-state index contributed by atoms with van der Waals surface area (Å²) in [5.41, 5.74) is 1.23. The van der Waals surface area contributed by atoms with E-state index in [4.69, 9.17) is 9.84 Å². The second-order valence-electron chi connectivity index (χ2n) is 4.63. The Bertz CT molecular complexity index is 463. The summed E-state index contributed by atoms with van der Waals surface area (Å²) in [5, 5.41) is 9.15. The molecule has 0 bridgehead atoms. The van der Waals surface area contributed by atoms with Gasteiger partial charge in [-0.3, -0.25) is 9.59 Å². The molecule has 98 valence electrons. The Balaban J connectivity index is 3.23. The standard InChI is InChI=1S/C14H18O4/c1-8(2)12(14(16)17)13(15)10-7-9(3)5-6-11(10)18-4/h5-8,12H,1-4H3,(H,16,17). The minimum atomic E-state index is -1.10. The predicted octanol–water partition coefficient (Wildman–Crippen LogP) is 2.54. The molecule has 0 saturated heterocycles. The molecule has 4 nitrogen and oxygen atoms in total. The van der Waals surface area contributed by atoms with E-state index in [1.165, 1.54) is 7.11 Å². The van der Waals surface area contributed by atoms with Crippen molar-refractivity contribution in [3.05, 3.63) is 29.3 Å². The van der Waals surface area contributed by atoms with Crippen molar-refractivity contribution < 1.29 is 19.4 Å². The van der Waals surface area contributed by atoms with E-state index in [-0.39, 0.29) is 5.92 Å². The molecule has 0 aliphatic rings. The number of ether oxygens (including phenoxy) is 1. The summed E-state index contributed by atoms with van der Waals surface area (Å²) < 4.78 is 5.12. The van der Waals surface area contributed by atoms with E-state index in [1.54, 1.807) is 26.0 Å². The average molecular weight is 250 g/mol. The topological polar surface area (TPSA) is 63.6 Å². The van der Waals surface area contributed by atoms with Crippen LogP contribution in [0.5, 0.6) is 5.75 Å². The number of hydrogen-bond donors (Lipinski definition) is 1. The number of carbonyl (C=O) groups excluding carboxylic acids is 1. The largest absolute Gasteiger partial charge is 0.496 e. The van der Waals surface area contributed by atoms with Gasteiger partial charge in [0.25, 0.3) is 0 Å². The maximum Gasteiger partial charge on any atom is 0.314 e. The smallest absolute Gasteiger partial charge is 0.314 e. The Kier molecular flexibility index (Phi) is 4.48. The Hall–Kier alpha value is -1.84. The molecule has 0 spiro atoms. The van der Waals surface area contributed by atoms with E-state index in [9.17, 15) is 9.59 Å². The van der Waals surface area contributed by atoms with Gasteiger partial charge in [-0.25, -0.2) is 0 Å². The number of carboxylic acid groups (broad SMARTS) is 1. The van der Waals surface area contributed by atoms with Crippen LogP contribution in [0.4, 0.5) is 0 Å². The van der Waals surface area contributed by atoms with Crippen molar-refractivity contribution in [2.75, 3.05) is 7.11 Å². The number of benzene rings is 1. The summed E-state index contributed by atoms with van der Waals surface area (Å²) in [6.07, 6.45) is 0. The van der Waals surface area contributed by atoms with Gasteiger partial charge in [0.2, 0.25) is 0 Å². The highest BCUT2D eigenvalue weighted by molar-refractivity contribution is 6.09. The predicted molar refractivity (Wildman–Crippen MR) is 68.0 cm³/mol. The summed E-state index contributed by atoms with van der Waals surface area (Å²) in [5.74, 6) is -2.39. The summed E-state index contributed by atoms with van der Waals surface area (Å²) in [6, 6.07) is 5.17. The van der Waals surface area contributed by atoms with Gasteiger partial charge in [0.05, 0.1) is 12.7 Å². The van der Waals surface area contributed by atoms with E-state index in [0.717, 1.165) is 5.56 Å². The fourth-order valence-corrected chi connectivity index (χ4v) is 1.88. The number of hydrogen-bond acceptors (Lipinski definition) is 3. The highest BCUT2D eigenvalue weighted by Gasteiger charge is 2.32. The summed E-state index contributed by atoms with van der Waals surface area (Å²) >= 11 is 0. The van der Waals surface area contributed by atoms with Crippen LogP contribution in [0, 0.1) is 18.8 Å². The van der Waals surface area contributed by atoms with Gasteiger partial charge in [-0.05, 0) is 25.0 Å². The van der Waals surface area contributed by atoms with Crippen LogP contribution in [0.3, 0.4) is 0 Å². The highest BCUT2D eigenvalue weighted by atomic mass is 16.5. The second-order valence-corrected chi connectivity index (χ2v) is 4.63. The Morgan fingerprint density at radius 2 is 1.89 bits per heavy atom. The van der Waals surface area contributed by atoms with Gasteiger partial charge in [-0.15, -0.1) is 0 Å². The van der Waals surface area contributed by atoms with E-state index < -0.39 is 17.7 Å². The van der Waals surface area contributed by atoms with Crippen LogP contribution in [0.2, 0.25) is 0 Å². The summed E-state index contributed by atoms with van der Waals surface area (Å²) in [4.78, 5) is 23.5. The van der Waals surface area contributed by atoms with Crippen molar-refractivity contribution in [2.24, 2.45) is 11.8 Å². The van der Waals surface area contributed by atoms with Gasteiger partial charge < -0.3 is 9.84 Å². The molecule has 1 N–H and O–H groups in total. The van der Waals surface area contributed by atoms with Crippen LogP contribution in [0.1, 0.15) is 29.8 Å². The zero-order chi connectivity index (χ0) is 13.9. The molecule has 0 saturated carbocycles. The molecule has 0 fully saturated rings. The zero-order valence-corrected chi connectivity index (χ0v) is 11.1. The molecule has 1 aromatic carbocycles. The Morgan fingerprint density at radius 1 is 1.28 bits per heavy atom. The zero-order valence-electron chi connectivity index (χ0n) is 11.1. The molecule has 0 aliphatic carbocycles. The van der Waals surface area contributed by atoms with Gasteiger partial charge >= 0.3 is 5.97 Å². The number of ketones is 1. The van der Waals surface area contributed by atoms with Crippen LogP contribution in [-0.4, -0.2) is 24.0 Å². The molecule has 18 heavy (non-hydrogen) atoms. The van der Waals surface area contributed by atoms with Gasteiger partial charge in [-0.1, -0.05) is 25.5 Å². The fraction of sp³-hybridized carbons (Fsp3) is 0.429. The average Bonchev–Trinajstić information content (AvgIpc) is 2.27.